The second kappa shape index (κ2) is 5.24. The molecule has 0 radical (unpaired) electrons. The molecule has 1 unspecified atom stereocenters. The summed E-state index contributed by atoms with van der Waals surface area (Å²) in [5.41, 5.74) is 6.59. The Morgan fingerprint density at radius 3 is 2.73 bits per heavy atom. The number of anilines is 1. The third-order valence-corrected chi connectivity index (χ3v) is 2.76. The number of benzene rings is 1. The molecule has 0 heterocycles. The molecule has 84 valence electrons. The van der Waals surface area contributed by atoms with E-state index in [1.54, 1.807) is 7.11 Å². The Kier molecular flexibility index (Phi) is 4.24. The van der Waals surface area contributed by atoms with E-state index < -0.39 is 0 Å². The van der Waals surface area contributed by atoms with Gasteiger partial charge in [-0.05, 0) is 25.1 Å². The lowest BCUT2D eigenvalue weighted by atomic mass is 10.2. The molecule has 0 bridgehead atoms. The van der Waals surface area contributed by atoms with Crippen molar-refractivity contribution in [2.24, 2.45) is 5.73 Å². The number of halogens is 1. The standard InChI is InChI=1S/C11H17ClN2O/c1-8(7-13)14(2)10-6-9(12)4-5-11(10)15-3/h4-6,8H,7,13H2,1-3H3. The van der Waals surface area contributed by atoms with Gasteiger partial charge in [0, 0.05) is 24.7 Å². The van der Waals surface area contributed by atoms with Gasteiger partial charge in [-0.1, -0.05) is 11.6 Å². The fourth-order valence-electron chi connectivity index (χ4n) is 1.33. The van der Waals surface area contributed by atoms with Gasteiger partial charge in [-0.15, -0.1) is 0 Å². The van der Waals surface area contributed by atoms with Crippen LogP contribution in [0.25, 0.3) is 0 Å². The van der Waals surface area contributed by atoms with E-state index in [9.17, 15) is 0 Å². The fraction of sp³-hybridized carbons (Fsp3) is 0.455. The highest BCUT2D eigenvalue weighted by atomic mass is 35.5. The first-order chi connectivity index (χ1) is 7.10. The minimum Gasteiger partial charge on any atom is -0.495 e. The van der Waals surface area contributed by atoms with Crippen LogP contribution in [0.4, 0.5) is 5.69 Å². The van der Waals surface area contributed by atoms with Crippen LogP contribution >= 0.6 is 11.6 Å². The van der Waals surface area contributed by atoms with Crippen molar-refractivity contribution in [2.75, 3.05) is 25.6 Å². The molecule has 3 nitrogen and oxygen atoms in total. The average molecular weight is 229 g/mol. The maximum absolute atomic E-state index is 5.95. The molecule has 4 heteroatoms. The van der Waals surface area contributed by atoms with Crippen LogP contribution in [0.3, 0.4) is 0 Å². The fourth-order valence-corrected chi connectivity index (χ4v) is 1.50. The Labute approximate surface area is 95.8 Å². The molecule has 0 fully saturated rings. The molecule has 0 amide bonds. The van der Waals surface area contributed by atoms with Gasteiger partial charge in [0.1, 0.15) is 5.75 Å². The lowest BCUT2D eigenvalue weighted by Crippen LogP contribution is -2.35. The molecule has 0 aliphatic carbocycles. The first kappa shape index (κ1) is 12.1. The van der Waals surface area contributed by atoms with Crippen LogP contribution < -0.4 is 15.4 Å². The minimum atomic E-state index is 0.248. The quantitative estimate of drug-likeness (QED) is 0.858. The Balaban J connectivity index is 3.05. The summed E-state index contributed by atoms with van der Waals surface area (Å²) in [7, 11) is 3.62. The first-order valence-electron chi connectivity index (χ1n) is 4.86. The van der Waals surface area contributed by atoms with Crippen LogP contribution in [0, 0.1) is 0 Å². The van der Waals surface area contributed by atoms with Crippen molar-refractivity contribution in [2.45, 2.75) is 13.0 Å². The third kappa shape index (κ3) is 2.76. The van der Waals surface area contributed by atoms with E-state index in [1.165, 1.54) is 0 Å². The number of rotatable bonds is 4. The Morgan fingerprint density at radius 1 is 1.53 bits per heavy atom. The third-order valence-electron chi connectivity index (χ3n) is 2.52. The van der Waals surface area contributed by atoms with Crippen LogP contribution in [0.5, 0.6) is 5.75 Å². The molecule has 0 spiro atoms. The van der Waals surface area contributed by atoms with Crippen molar-refractivity contribution in [1.29, 1.82) is 0 Å². The lowest BCUT2D eigenvalue weighted by Gasteiger charge is -2.27. The van der Waals surface area contributed by atoms with E-state index in [1.807, 2.05) is 25.2 Å². The Bertz CT molecular complexity index is 330. The highest BCUT2D eigenvalue weighted by Gasteiger charge is 2.13. The van der Waals surface area contributed by atoms with Crippen LogP contribution in [0.1, 0.15) is 6.92 Å². The van der Waals surface area contributed by atoms with Crippen LogP contribution in [-0.2, 0) is 0 Å². The summed E-state index contributed by atoms with van der Waals surface area (Å²) in [6, 6.07) is 5.80. The van der Waals surface area contributed by atoms with Crippen molar-refractivity contribution >= 4 is 17.3 Å². The molecule has 0 aromatic heterocycles. The van der Waals surface area contributed by atoms with Gasteiger partial charge in [0.2, 0.25) is 0 Å². The number of methoxy groups -OCH3 is 1. The summed E-state index contributed by atoms with van der Waals surface area (Å²) >= 11 is 5.95. The molecular formula is C11H17ClN2O. The van der Waals surface area contributed by atoms with Crippen molar-refractivity contribution < 1.29 is 4.74 Å². The maximum Gasteiger partial charge on any atom is 0.142 e. The largest absolute Gasteiger partial charge is 0.495 e. The zero-order chi connectivity index (χ0) is 11.4. The molecule has 1 rings (SSSR count). The van der Waals surface area contributed by atoms with Gasteiger partial charge in [-0.2, -0.15) is 0 Å². The highest BCUT2D eigenvalue weighted by Crippen LogP contribution is 2.31. The van der Waals surface area contributed by atoms with Gasteiger partial charge in [0.15, 0.2) is 0 Å². The van der Waals surface area contributed by atoms with Crippen LogP contribution in [0.2, 0.25) is 5.02 Å². The maximum atomic E-state index is 5.95. The monoisotopic (exact) mass is 228 g/mol. The summed E-state index contributed by atoms with van der Waals surface area (Å²) in [6.45, 7) is 2.65. The predicted molar refractivity (Wildman–Crippen MR) is 64.9 cm³/mol. The van der Waals surface area contributed by atoms with Gasteiger partial charge in [0.05, 0.1) is 12.8 Å². The van der Waals surface area contributed by atoms with E-state index >= 15 is 0 Å². The van der Waals surface area contributed by atoms with Crippen LogP contribution in [-0.4, -0.2) is 26.7 Å². The number of nitrogens with two attached hydrogens (primary N) is 1. The predicted octanol–water partition coefficient (Wildman–Crippen LogP) is 2.13. The summed E-state index contributed by atoms with van der Waals surface area (Å²) in [5, 5.41) is 0.696. The number of likely N-dealkylation sites (N-methyl/N-ethyl adjacent to an activating group) is 1. The van der Waals surface area contributed by atoms with Gasteiger partial charge in [0.25, 0.3) is 0 Å². The summed E-state index contributed by atoms with van der Waals surface area (Å²) in [6.07, 6.45) is 0. The van der Waals surface area contributed by atoms with Crippen molar-refractivity contribution in [1.82, 2.24) is 0 Å². The van der Waals surface area contributed by atoms with Gasteiger partial charge < -0.3 is 15.4 Å². The molecule has 0 saturated carbocycles. The summed E-state index contributed by atoms with van der Waals surface area (Å²) < 4.78 is 5.27. The Hall–Kier alpha value is -0.930. The van der Waals surface area contributed by atoms with Gasteiger partial charge >= 0.3 is 0 Å². The molecule has 15 heavy (non-hydrogen) atoms. The SMILES string of the molecule is COc1ccc(Cl)cc1N(C)C(C)CN. The second-order valence-electron chi connectivity index (χ2n) is 3.51. The number of hydrogen-bond donors (Lipinski definition) is 1. The molecule has 0 aliphatic rings. The van der Waals surface area contributed by atoms with E-state index in [-0.39, 0.29) is 6.04 Å². The molecule has 2 N–H and O–H groups in total. The first-order valence-corrected chi connectivity index (χ1v) is 5.24. The highest BCUT2D eigenvalue weighted by molar-refractivity contribution is 6.30. The summed E-state index contributed by atoms with van der Waals surface area (Å²) in [5.74, 6) is 0.808. The molecule has 1 atom stereocenters. The number of hydrogen-bond acceptors (Lipinski definition) is 3. The van der Waals surface area contributed by atoms with E-state index in [4.69, 9.17) is 22.1 Å². The van der Waals surface area contributed by atoms with Crippen LogP contribution in [0.15, 0.2) is 18.2 Å². The second-order valence-corrected chi connectivity index (χ2v) is 3.95. The molecule has 1 aromatic rings. The van der Waals surface area contributed by atoms with E-state index in [0.717, 1.165) is 11.4 Å². The molecule has 1 aromatic carbocycles. The average Bonchev–Trinajstić information content (AvgIpc) is 2.27. The zero-order valence-electron chi connectivity index (χ0n) is 9.33. The molecular weight excluding hydrogens is 212 g/mol. The van der Waals surface area contributed by atoms with Crippen molar-refractivity contribution in [3.8, 4) is 5.75 Å². The van der Waals surface area contributed by atoms with Crippen molar-refractivity contribution in [3.05, 3.63) is 23.2 Å². The van der Waals surface area contributed by atoms with E-state index in [2.05, 4.69) is 11.8 Å². The zero-order valence-corrected chi connectivity index (χ0v) is 10.1. The summed E-state index contributed by atoms with van der Waals surface area (Å²) in [4.78, 5) is 2.06. The van der Waals surface area contributed by atoms with Gasteiger partial charge in [-0.25, -0.2) is 0 Å². The lowest BCUT2D eigenvalue weighted by molar-refractivity contribution is 0.414. The smallest absolute Gasteiger partial charge is 0.142 e. The normalized spacial score (nSPS) is 12.3. The topological polar surface area (TPSA) is 38.5 Å². The van der Waals surface area contributed by atoms with Crippen molar-refractivity contribution in [3.63, 3.8) is 0 Å². The van der Waals surface area contributed by atoms with E-state index in [0.29, 0.717) is 11.6 Å². The number of ether oxygens (including phenoxy) is 1. The molecule has 0 aliphatic heterocycles. The molecule has 0 saturated heterocycles. The number of nitrogens with zero attached hydrogens (tertiary/aromatic N) is 1. The Morgan fingerprint density at radius 2 is 2.20 bits per heavy atom. The minimum absolute atomic E-state index is 0.248. The van der Waals surface area contributed by atoms with Gasteiger partial charge in [-0.3, -0.25) is 0 Å².